The number of anilines is 1. The third kappa shape index (κ3) is 24.4. The Labute approximate surface area is 598 Å². The Bertz CT molecular complexity index is 4180. The molecule has 3 amide bonds. The fourth-order valence-electron chi connectivity index (χ4n) is 10.2. The maximum absolute atomic E-state index is 12.8. The van der Waals surface area contributed by atoms with Gasteiger partial charge in [-0.15, -0.1) is 0 Å². The summed E-state index contributed by atoms with van der Waals surface area (Å²) in [5.41, 5.74) is 22.5. The van der Waals surface area contributed by atoms with Gasteiger partial charge in [-0.05, 0) is 79.6 Å². The molecule has 0 unspecified atom stereocenters. The number of Topliss-reactive ketones (excluding diaryl/α,β-unsaturated/α-hetero) is 2. The number of nitrogens with two attached hydrogens (primary N) is 3. The number of benzene rings is 6. The number of aryl methyl sites for hydroxylation is 1. The van der Waals surface area contributed by atoms with Crippen molar-refractivity contribution in [2.45, 2.75) is 48.0 Å². The number of nitrogens with zero attached hydrogens (tertiary/aromatic N) is 4. The van der Waals surface area contributed by atoms with E-state index in [1.54, 1.807) is 78.9 Å². The number of hydrogen-bond donors (Lipinski definition) is 11. The highest BCUT2D eigenvalue weighted by Crippen LogP contribution is 2.30. The lowest BCUT2D eigenvalue weighted by Crippen LogP contribution is -2.41. The van der Waals surface area contributed by atoms with Crippen molar-refractivity contribution >= 4 is 76.0 Å². The van der Waals surface area contributed by atoms with E-state index in [4.69, 9.17) is 67.3 Å². The third-order valence-electron chi connectivity index (χ3n) is 15.8. The van der Waals surface area contributed by atoms with Gasteiger partial charge in [-0.3, -0.25) is 50.0 Å². The number of carboxylic acid groups (broad SMARTS) is 2. The second-order valence-electron chi connectivity index (χ2n) is 22.7. The van der Waals surface area contributed by atoms with Gasteiger partial charge in [0, 0.05) is 119 Å². The Balaban J connectivity index is 0.000000323. The minimum atomic E-state index is -1.54. The second kappa shape index (κ2) is 40.5. The topological polar surface area (TPSA) is 432 Å². The van der Waals surface area contributed by atoms with Gasteiger partial charge < -0.3 is 76.8 Å². The van der Waals surface area contributed by atoms with Crippen LogP contribution < -0.4 is 66.3 Å². The summed E-state index contributed by atoms with van der Waals surface area (Å²) in [5.74, 6) is -3.29. The molecule has 0 aliphatic carbocycles. The molecule has 7 aromatic rings. The quantitative estimate of drug-likeness (QED) is 0.00613. The largest absolute Gasteiger partial charge is 0.493 e. The van der Waals surface area contributed by atoms with Gasteiger partial charge in [0.25, 0.3) is 11.8 Å². The number of nitrogens with one attached hydrogen (secondary N) is 6. The first-order valence-corrected chi connectivity index (χ1v) is 31.5. The summed E-state index contributed by atoms with van der Waals surface area (Å²) in [5, 5.41) is 48.7. The molecule has 3 heterocycles. The zero-order valence-electron chi connectivity index (χ0n) is 55.6. The average Bonchev–Trinajstić information content (AvgIpc) is 1.60. The van der Waals surface area contributed by atoms with Crippen molar-refractivity contribution in [1.82, 2.24) is 20.9 Å². The number of rotatable bonds is 30. The zero-order chi connectivity index (χ0) is 72.4. The van der Waals surface area contributed by atoms with Crippen molar-refractivity contribution in [3.63, 3.8) is 0 Å². The number of carbonyl (C=O) groups excluding carboxylic acids is 6. The molecule has 1 saturated heterocycles. The van der Waals surface area contributed by atoms with Gasteiger partial charge in [0.15, 0.2) is 29.7 Å². The number of carboxylic acids is 2. The van der Waals surface area contributed by atoms with E-state index in [1.165, 1.54) is 50.6 Å². The van der Waals surface area contributed by atoms with E-state index in [9.17, 15) is 38.4 Å². The van der Waals surface area contributed by atoms with Gasteiger partial charge in [-0.1, -0.05) is 82.9 Å². The SMILES string of the molecule is C.C.C.CN1CCN=C1c1ccc(C(=O)NCCOc2cc(C(=N)N)ccc2CC(=O)C(=O)O)cc1.COc1ccc(C(=O)c2ccc(C(=O)NCCOc3cccc(C(=N)N)c3)cc2)cc1OC.C[n+]1ccc(N2CCC(C(=O)NCCOc3cc(C(=N)N)ccc3CC(=O)C(=O)O)CC2)cc1. The molecule has 0 saturated carbocycles. The summed E-state index contributed by atoms with van der Waals surface area (Å²) in [6, 6.07) is 38.6. The van der Waals surface area contributed by atoms with Crippen LogP contribution in [0.25, 0.3) is 0 Å². The van der Waals surface area contributed by atoms with E-state index in [2.05, 4.69) is 42.9 Å². The van der Waals surface area contributed by atoms with Gasteiger partial charge in [-0.25, -0.2) is 14.2 Å². The van der Waals surface area contributed by atoms with E-state index in [-0.39, 0.29) is 133 Å². The first-order valence-electron chi connectivity index (χ1n) is 31.5. The fraction of sp³-hybridized carbons (Fsp3) is 0.293. The minimum absolute atomic E-state index is 0. The van der Waals surface area contributed by atoms with E-state index in [1.807, 2.05) is 43.2 Å². The average molecular weight is 1420 g/mol. The number of ether oxygens (including phenoxy) is 5. The summed E-state index contributed by atoms with van der Waals surface area (Å²) in [4.78, 5) is 104. The van der Waals surface area contributed by atoms with Gasteiger partial charge in [0.05, 0.1) is 40.4 Å². The lowest BCUT2D eigenvalue weighted by Gasteiger charge is -2.32. The predicted molar refractivity (Wildman–Crippen MR) is 392 cm³/mol. The van der Waals surface area contributed by atoms with Crippen molar-refractivity contribution in [3.8, 4) is 28.7 Å². The molecule has 2 aliphatic heterocycles. The van der Waals surface area contributed by atoms with Crippen LogP contribution >= 0.6 is 0 Å². The maximum Gasteiger partial charge on any atom is 0.372 e. The highest BCUT2D eigenvalue weighted by molar-refractivity contribution is 6.33. The number of nitrogen functional groups attached to an aromatic ring is 3. The Morgan fingerprint density at radius 2 is 0.981 bits per heavy atom. The molecule has 9 rings (SSSR count). The first-order chi connectivity index (χ1) is 47.9. The Morgan fingerprint density at radius 1 is 0.534 bits per heavy atom. The molecule has 28 heteroatoms. The fourth-order valence-corrected chi connectivity index (χ4v) is 10.2. The van der Waals surface area contributed by atoms with E-state index in [0.29, 0.717) is 67.3 Å². The van der Waals surface area contributed by atoms with Crippen molar-refractivity contribution in [1.29, 1.82) is 16.2 Å². The van der Waals surface area contributed by atoms with Crippen molar-refractivity contribution in [2.75, 3.05) is 91.8 Å². The molecule has 1 aromatic heterocycles. The van der Waals surface area contributed by atoms with Crippen LogP contribution in [-0.2, 0) is 43.9 Å². The number of hydrogen-bond acceptors (Lipinski definition) is 19. The lowest BCUT2D eigenvalue weighted by molar-refractivity contribution is -0.671. The number of amidine groups is 4. The molecule has 28 nitrogen and oxygen atoms in total. The van der Waals surface area contributed by atoms with E-state index in [0.717, 1.165) is 56.1 Å². The highest BCUT2D eigenvalue weighted by Gasteiger charge is 2.26. The molecule has 0 radical (unpaired) electrons. The molecule has 0 bridgehead atoms. The predicted octanol–water partition coefficient (Wildman–Crippen LogP) is 6.01. The third-order valence-corrected chi connectivity index (χ3v) is 15.8. The molecule has 1 fully saturated rings. The number of aromatic nitrogens is 1. The summed E-state index contributed by atoms with van der Waals surface area (Å²) in [7, 11) is 6.98. The van der Waals surface area contributed by atoms with E-state index < -0.39 is 23.5 Å². The minimum Gasteiger partial charge on any atom is -0.493 e. The molecule has 0 atom stereocenters. The van der Waals surface area contributed by atoms with Gasteiger partial charge >= 0.3 is 11.9 Å². The van der Waals surface area contributed by atoms with Crippen LogP contribution in [0, 0.1) is 22.1 Å². The molecule has 2 aliphatic rings. The summed E-state index contributed by atoms with van der Waals surface area (Å²) in [6.45, 7) is 4.41. The summed E-state index contributed by atoms with van der Waals surface area (Å²) in [6.07, 6.45) is 4.83. The van der Waals surface area contributed by atoms with Crippen LogP contribution in [0.3, 0.4) is 0 Å². The molecular weight excluding hydrogens is 1320 g/mol. The monoisotopic (exact) mass is 1410 g/mol. The van der Waals surface area contributed by atoms with Crippen LogP contribution in [0.1, 0.15) is 105 Å². The highest BCUT2D eigenvalue weighted by atomic mass is 16.5. The molecule has 14 N–H and O–H groups in total. The lowest BCUT2D eigenvalue weighted by atomic mass is 9.95. The number of pyridine rings is 1. The second-order valence-corrected chi connectivity index (χ2v) is 22.7. The number of piperidine rings is 1. The van der Waals surface area contributed by atoms with Crippen LogP contribution in [0.2, 0.25) is 0 Å². The zero-order valence-corrected chi connectivity index (χ0v) is 55.6. The van der Waals surface area contributed by atoms with Gasteiger partial charge in [0.2, 0.25) is 17.5 Å². The number of aliphatic imine (C=N–C) groups is 1. The van der Waals surface area contributed by atoms with Gasteiger partial charge in [0.1, 0.15) is 67.5 Å². The number of aliphatic carboxylic acids is 2. The molecule has 103 heavy (non-hydrogen) atoms. The van der Waals surface area contributed by atoms with Gasteiger partial charge in [-0.2, -0.15) is 0 Å². The van der Waals surface area contributed by atoms with Crippen LogP contribution in [-0.4, -0.2) is 172 Å². The smallest absolute Gasteiger partial charge is 0.372 e. The Kier molecular flexibility index (Phi) is 32.6. The van der Waals surface area contributed by atoms with Crippen LogP contribution in [0.4, 0.5) is 5.69 Å². The summed E-state index contributed by atoms with van der Waals surface area (Å²) < 4.78 is 29.4. The number of amides is 3. The molecule has 6 aromatic carbocycles. The normalized spacial score (nSPS) is 11.9. The molecule has 546 valence electrons. The molecular formula is C75H92N13O15+. The number of methoxy groups -OCH3 is 2. The van der Waals surface area contributed by atoms with E-state index >= 15 is 0 Å². The Hall–Kier alpha value is -12.5. The number of ketones is 3. The Morgan fingerprint density at radius 3 is 1.46 bits per heavy atom. The van der Waals surface area contributed by atoms with Crippen molar-refractivity contribution in [3.05, 3.63) is 208 Å². The van der Waals surface area contributed by atoms with Crippen LogP contribution in [0.15, 0.2) is 157 Å². The standard InChI is InChI=1S/C25H25N3O5.C24H29N5O5.C23H25N5O5.3CH4/c1-31-21-11-10-18(15-22(21)32-2)23(29)16-6-8-17(9-7-16)25(30)28-12-13-33-20-5-3-4-19(14-20)24(26)27;1-28-9-6-19(7-10-28)29-11-4-16(5-12-29)23(31)27-8-13-34-21-15-18(22(25)26)3-2-17(21)14-20(30)24(32)33;1-28-10-8-26-21(28)14-2-4-15(5-3-14)22(30)27-9-11-33-19-13-17(20(24)25)7-6-16(19)12-18(29)23(31)32;;;/h3-11,14-15H,12-13H2,1-2H3,(H3,26,27)(H,28,30);2-3,6-7,9-10,15-16H,4-5,8,11-14H2,1H3,(H4-,25,26,27,31,32,33);2-7,13H,8-12H2,1H3,(H3,24,25)(H,27,30)(H,31,32);3*1H4/p+1. The van der Waals surface area contributed by atoms with Crippen molar-refractivity contribution < 1.29 is 76.8 Å². The maximum atomic E-state index is 12.8. The summed E-state index contributed by atoms with van der Waals surface area (Å²) >= 11 is 0. The molecule has 0 spiro atoms. The first kappa shape index (κ1) is 82.9. The van der Waals surface area contributed by atoms with Crippen LogP contribution in [0.5, 0.6) is 28.7 Å². The van der Waals surface area contributed by atoms with Crippen molar-refractivity contribution in [2.24, 2.45) is 35.2 Å². The number of carbonyl (C=O) groups is 8. The number of likely N-dealkylation sites (N-methyl/N-ethyl adjacent to an activating group) is 1.